The molecule has 0 fully saturated rings. The first kappa shape index (κ1) is 14.8. The summed E-state index contributed by atoms with van der Waals surface area (Å²) in [6, 6.07) is 4.95. The smallest absolute Gasteiger partial charge is 0.209 e. The summed E-state index contributed by atoms with van der Waals surface area (Å²) in [5.41, 5.74) is 9.80. The average molecular weight is 288 g/mol. The lowest BCUT2D eigenvalue weighted by Gasteiger charge is -1.99. The molecule has 0 saturated carbocycles. The fourth-order valence-corrected chi connectivity index (χ4v) is 1.88. The van der Waals surface area contributed by atoms with E-state index in [2.05, 4.69) is 32.6 Å². The van der Waals surface area contributed by atoms with Crippen molar-refractivity contribution in [1.82, 2.24) is 15.6 Å². The maximum atomic E-state index is 9.49. The molecule has 1 aromatic heterocycles. The van der Waals surface area contributed by atoms with E-state index >= 15 is 0 Å². The number of benzene rings is 1. The van der Waals surface area contributed by atoms with Gasteiger partial charge in [0.1, 0.15) is 5.75 Å². The maximum Gasteiger partial charge on any atom is 0.209 e. The van der Waals surface area contributed by atoms with Crippen molar-refractivity contribution in [2.24, 2.45) is 15.8 Å². The van der Waals surface area contributed by atoms with Crippen molar-refractivity contribution in [3.05, 3.63) is 23.9 Å². The molecule has 2 rings (SSSR count). The highest BCUT2D eigenvalue weighted by Crippen LogP contribution is 2.19. The van der Waals surface area contributed by atoms with Gasteiger partial charge in [0.05, 0.1) is 17.4 Å². The Balaban J connectivity index is 1.95. The summed E-state index contributed by atoms with van der Waals surface area (Å²) < 4.78 is 0. The fraction of sp³-hybridized carbons (Fsp3) is 0.357. The minimum absolute atomic E-state index is 0.184. The summed E-state index contributed by atoms with van der Waals surface area (Å²) in [4.78, 5) is 4.16. The molecule has 0 spiro atoms. The van der Waals surface area contributed by atoms with Crippen molar-refractivity contribution in [1.29, 1.82) is 0 Å². The van der Waals surface area contributed by atoms with Crippen LogP contribution in [0.5, 0.6) is 5.75 Å². The van der Waals surface area contributed by atoms with Gasteiger partial charge in [0, 0.05) is 11.9 Å². The van der Waals surface area contributed by atoms with Gasteiger partial charge < -0.3 is 10.8 Å². The Morgan fingerprint density at radius 1 is 1.48 bits per heavy atom. The molecular weight excluding hydrogens is 268 g/mol. The number of hydrazone groups is 1. The van der Waals surface area contributed by atoms with Gasteiger partial charge in [-0.1, -0.05) is 19.8 Å². The van der Waals surface area contributed by atoms with Crippen LogP contribution in [0.15, 0.2) is 28.3 Å². The van der Waals surface area contributed by atoms with Crippen LogP contribution in [-0.4, -0.2) is 34.0 Å². The molecule has 0 saturated heterocycles. The first-order valence-electron chi connectivity index (χ1n) is 6.96. The predicted octanol–water partition coefficient (Wildman–Crippen LogP) is 1.70. The monoisotopic (exact) mass is 288 g/mol. The van der Waals surface area contributed by atoms with E-state index in [1.54, 1.807) is 24.4 Å². The normalized spacial score (nSPS) is 12.3. The Hall–Kier alpha value is -2.57. The number of aliphatic imine (C=N–C) groups is 1. The van der Waals surface area contributed by atoms with Gasteiger partial charge in [-0.05, 0) is 24.6 Å². The second-order valence-electron chi connectivity index (χ2n) is 4.68. The lowest BCUT2D eigenvalue weighted by molar-refractivity contribution is 0.476. The molecule has 5 N–H and O–H groups in total. The van der Waals surface area contributed by atoms with E-state index in [1.807, 2.05) is 0 Å². The third kappa shape index (κ3) is 4.20. The van der Waals surface area contributed by atoms with Crippen LogP contribution < -0.4 is 11.2 Å². The van der Waals surface area contributed by atoms with E-state index in [9.17, 15) is 5.11 Å². The van der Waals surface area contributed by atoms with Crippen LogP contribution in [0.25, 0.3) is 10.9 Å². The summed E-state index contributed by atoms with van der Waals surface area (Å²) in [5.74, 6) is 0.470. The molecule has 0 unspecified atom stereocenters. The first-order valence-corrected chi connectivity index (χ1v) is 6.96. The van der Waals surface area contributed by atoms with E-state index in [-0.39, 0.29) is 11.7 Å². The van der Waals surface area contributed by atoms with Crippen LogP contribution in [0.1, 0.15) is 31.9 Å². The van der Waals surface area contributed by atoms with Crippen LogP contribution in [0.4, 0.5) is 0 Å². The molecule has 0 aliphatic heterocycles. The Kier molecular flexibility index (Phi) is 5.14. The first-order chi connectivity index (χ1) is 10.2. The van der Waals surface area contributed by atoms with Crippen LogP contribution in [0.2, 0.25) is 0 Å². The SMILES string of the molecule is CCCCCN=C(N)N/N=C/c1[nH]nc2ccc(O)cc12. The second-order valence-corrected chi connectivity index (χ2v) is 4.68. The molecule has 21 heavy (non-hydrogen) atoms. The van der Waals surface area contributed by atoms with Gasteiger partial charge in [-0.3, -0.25) is 10.1 Å². The minimum atomic E-state index is 0.184. The molecule has 112 valence electrons. The predicted molar refractivity (Wildman–Crippen MR) is 84.5 cm³/mol. The van der Waals surface area contributed by atoms with Gasteiger partial charge in [0.2, 0.25) is 5.96 Å². The zero-order valence-electron chi connectivity index (χ0n) is 12.0. The molecule has 1 heterocycles. The summed E-state index contributed by atoms with van der Waals surface area (Å²) in [7, 11) is 0. The molecule has 0 atom stereocenters. The minimum Gasteiger partial charge on any atom is -0.508 e. The van der Waals surface area contributed by atoms with Gasteiger partial charge in [0.15, 0.2) is 0 Å². The highest BCUT2D eigenvalue weighted by Gasteiger charge is 2.03. The lowest BCUT2D eigenvalue weighted by atomic mass is 10.2. The van der Waals surface area contributed by atoms with Crippen molar-refractivity contribution in [2.75, 3.05) is 6.54 Å². The average Bonchev–Trinajstić information content (AvgIpc) is 2.86. The highest BCUT2D eigenvalue weighted by atomic mass is 16.3. The Bertz CT molecular complexity index is 646. The summed E-state index contributed by atoms with van der Waals surface area (Å²) in [6.45, 7) is 2.84. The molecule has 0 bridgehead atoms. The molecule has 0 aliphatic rings. The van der Waals surface area contributed by atoms with Crippen LogP contribution in [0, 0.1) is 0 Å². The van der Waals surface area contributed by atoms with Crippen molar-refractivity contribution in [3.8, 4) is 5.75 Å². The van der Waals surface area contributed by atoms with Crippen molar-refractivity contribution in [3.63, 3.8) is 0 Å². The molecule has 7 heteroatoms. The quantitative estimate of drug-likeness (QED) is 0.280. The summed E-state index contributed by atoms with van der Waals surface area (Å²) in [5, 5.41) is 21.2. The van der Waals surface area contributed by atoms with E-state index in [0.717, 1.165) is 30.2 Å². The van der Waals surface area contributed by atoms with Crippen LogP contribution in [0.3, 0.4) is 0 Å². The van der Waals surface area contributed by atoms with Gasteiger partial charge in [-0.2, -0.15) is 10.2 Å². The van der Waals surface area contributed by atoms with E-state index in [0.29, 0.717) is 12.2 Å². The standard InChI is InChI=1S/C14H20N6O/c1-2-3-4-7-16-14(15)20-17-9-13-11-8-10(21)5-6-12(11)18-19-13/h5-6,8-9,21H,2-4,7H2,1H3,(H,18,19)(H3,15,16,20)/b17-9+. The number of nitrogens with one attached hydrogen (secondary N) is 2. The number of hydrogen-bond acceptors (Lipinski definition) is 4. The number of nitrogens with two attached hydrogens (primary N) is 1. The van der Waals surface area contributed by atoms with Gasteiger partial charge in [-0.25, -0.2) is 5.43 Å². The number of aromatic hydroxyl groups is 1. The van der Waals surface area contributed by atoms with Crippen molar-refractivity contribution < 1.29 is 5.11 Å². The van der Waals surface area contributed by atoms with Gasteiger partial charge in [-0.15, -0.1) is 0 Å². The molecular formula is C14H20N6O. The van der Waals surface area contributed by atoms with E-state index < -0.39 is 0 Å². The maximum absolute atomic E-state index is 9.49. The number of H-pyrrole nitrogens is 1. The number of guanidine groups is 1. The number of hydrogen-bond donors (Lipinski definition) is 4. The molecule has 0 aliphatic carbocycles. The topological polar surface area (TPSA) is 112 Å². The number of aromatic amines is 1. The number of nitrogens with zero attached hydrogens (tertiary/aromatic N) is 3. The number of phenolic OH excluding ortho intramolecular Hbond substituents is 1. The lowest BCUT2D eigenvalue weighted by Crippen LogP contribution is -2.27. The zero-order valence-corrected chi connectivity index (χ0v) is 12.0. The fourth-order valence-electron chi connectivity index (χ4n) is 1.88. The molecule has 2 aromatic rings. The Morgan fingerprint density at radius 2 is 2.33 bits per heavy atom. The van der Waals surface area contributed by atoms with Crippen LogP contribution in [-0.2, 0) is 0 Å². The number of aromatic nitrogens is 2. The molecule has 0 radical (unpaired) electrons. The van der Waals surface area contributed by atoms with Gasteiger partial charge >= 0.3 is 0 Å². The molecule has 7 nitrogen and oxygen atoms in total. The zero-order chi connectivity index (χ0) is 15.1. The van der Waals surface area contributed by atoms with E-state index in [4.69, 9.17) is 5.73 Å². The number of rotatable bonds is 6. The number of unbranched alkanes of at least 4 members (excludes halogenated alkanes) is 2. The number of fused-ring (bicyclic) bond motifs is 1. The Morgan fingerprint density at radius 3 is 3.14 bits per heavy atom. The number of phenols is 1. The van der Waals surface area contributed by atoms with Crippen molar-refractivity contribution in [2.45, 2.75) is 26.2 Å². The Labute approximate surface area is 123 Å². The third-order valence-electron chi connectivity index (χ3n) is 2.98. The van der Waals surface area contributed by atoms with Crippen LogP contribution >= 0.6 is 0 Å². The second kappa shape index (κ2) is 7.28. The highest BCUT2D eigenvalue weighted by molar-refractivity contribution is 5.97. The third-order valence-corrected chi connectivity index (χ3v) is 2.98. The molecule has 0 amide bonds. The summed E-state index contributed by atoms with van der Waals surface area (Å²) in [6.07, 6.45) is 4.88. The van der Waals surface area contributed by atoms with Gasteiger partial charge in [0.25, 0.3) is 0 Å². The summed E-state index contributed by atoms with van der Waals surface area (Å²) >= 11 is 0. The van der Waals surface area contributed by atoms with Crippen molar-refractivity contribution >= 4 is 23.1 Å². The van der Waals surface area contributed by atoms with E-state index in [1.165, 1.54) is 0 Å². The largest absolute Gasteiger partial charge is 0.508 e. The molecule has 1 aromatic carbocycles.